The van der Waals surface area contributed by atoms with E-state index in [2.05, 4.69) is 5.32 Å². The number of benzene rings is 1. The fourth-order valence-electron chi connectivity index (χ4n) is 3.28. The molecule has 2 fully saturated rings. The van der Waals surface area contributed by atoms with E-state index in [0.29, 0.717) is 16.9 Å². The molecule has 0 spiro atoms. The summed E-state index contributed by atoms with van der Waals surface area (Å²) in [6.45, 7) is 3.49. The molecule has 0 amide bonds. The van der Waals surface area contributed by atoms with Crippen molar-refractivity contribution in [3.05, 3.63) is 23.3 Å². The van der Waals surface area contributed by atoms with Crippen LogP contribution < -0.4 is 10.1 Å². The summed E-state index contributed by atoms with van der Waals surface area (Å²) in [6, 6.07) is 2.99. The van der Waals surface area contributed by atoms with Gasteiger partial charge in [0.1, 0.15) is 5.75 Å². The number of aryl methyl sites for hydroxylation is 2. The van der Waals surface area contributed by atoms with Gasteiger partial charge in [-0.3, -0.25) is 0 Å². The number of methoxy groups -OCH3 is 1. The molecule has 8 heteroatoms. The average molecular weight is 373 g/mol. The molecule has 1 aliphatic carbocycles. The largest absolute Gasteiger partial charge is 0.496 e. The minimum absolute atomic E-state index is 0.110. The molecule has 2 atom stereocenters. The van der Waals surface area contributed by atoms with E-state index in [4.69, 9.17) is 4.74 Å². The summed E-state index contributed by atoms with van der Waals surface area (Å²) in [5.74, 6) is 0.199. The first-order chi connectivity index (χ1) is 11.1. The molecule has 1 saturated carbocycles. The highest BCUT2D eigenvalue weighted by Crippen LogP contribution is 2.33. The van der Waals surface area contributed by atoms with E-state index in [-0.39, 0.29) is 22.4 Å². The predicted molar refractivity (Wildman–Crippen MR) is 92.0 cm³/mol. The van der Waals surface area contributed by atoms with Crippen molar-refractivity contribution in [1.29, 1.82) is 0 Å². The Hall–Kier alpha value is -1.12. The van der Waals surface area contributed by atoms with Crippen LogP contribution in [0.4, 0.5) is 0 Å². The normalized spacial score (nSPS) is 26.5. The number of sulfone groups is 2. The maximum absolute atomic E-state index is 13.2. The van der Waals surface area contributed by atoms with E-state index >= 15 is 0 Å². The van der Waals surface area contributed by atoms with E-state index in [0.717, 1.165) is 12.8 Å². The zero-order valence-electron chi connectivity index (χ0n) is 14.1. The molecule has 1 aromatic carbocycles. The lowest BCUT2D eigenvalue weighted by molar-refractivity contribution is 0.411. The highest BCUT2D eigenvalue weighted by atomic mass is 32.2. The van der Waals surface area contributed by atoms with Crippen LogP contribution in [0.25, 0.3) is 0 Å². The monoisotopic (exact) mass is 373 g/mol. The highest BCUT2D eigenvalue weighted by molar-refractivity contribution is 7.96. The first-order valence-corrected chi connectivity index (χ1v) is 11.4. The van der Waals surface area contributed by atoms with Gasteiger partial charge in [0, 0.05) is 12.1 Å². The molecule has 6 nitrogen and oxygen atoms in total. The second-order valence-corrected chi connectivity index (χ2v) is 11.1. The Balaban J connectivity index is 2.01. The van der Waals surface area contributed by atoms with Crippen LogP contribution in [0.15, 0.2) is 17.0 Å². The molecular formula is C16H23NO5S2. The molecule has 1 aliphatic heterocycles. The van der Waals surface area contributed by atoms with Gasteiger partial charge in [-0.2, -0.15) is 0 Å². The van der Waals surface area contributed by atoms with Crippen molar-refractivity contribution < 1.29 is 21.6 Å². The van der Waals surface area contributed by atoms with Gasteiger partial charge in [0.05, 0.1) is 28.8 Å². The predicted octanol–water partition coefficient (Wildman–Crippen LogP) is 1.00. The first kappa shape index (κ1) is 17.7. The van der Waals surface area contributed by atoms with Gasteiger partial charge >= 0.3 is 0 Å². The molecular weight excluding hydrogens is 350 g/mol. The first-order valence-electron chi connectivity index (χ1n) is 7.99. The van der Waals surface area contributed by atoms with Gasteiger partial charge < -0.3 is 10.1 Å². The van der Waals surface area contributed by atoms with Gasteiger partial charge in [0.25, 0.3) is 0 Å². The van der Waals surface area contributed by atoms with Crippen LogP contribution in [-0.2, 0) is 19.7 Å². The number of hydrogen-bond donors (Lipinski definition) is 1. The fraction of sp³-hybridized carbons (Fsp3) is 0.625. The smallest absolute Gasteiger partial charge is 0.184 e. The molecule has 1 saturated heterocycles. The topological polar surface area (TPSA) is 89.5 Å². The van der Waals surface area contributed by atoms with Gasteiger partial charge in [0.2, 0.25) is 0 Å². The van der Waals surface area contributed by atoms with Crippen LogP contribution in [-0.4, -0.2) is 52.8 Å². The van der Waals surface area contributed by atoms with Gasteiger partial charge in [-0.15, -0.1) is 0 Å². The van der Waals surface area contributed by atoms with Crippen molar-refractivity contribution in [2.45, 2.75) is 48.9 Å². The molecule has 24 heavy (non-hydrogen) atoms. The summed E-state index contributed by atoms with van der Waals surface area (Å²) in [5.41, 5.74) is 1.29. The third-order valence-electron chi connectivity index (χ3n) is 4.73. The molecule has 2 aliphatic rings. The van der Waals surface area contributed by atoms with Crippen LogP contribution in [0.1, 0.15) is 24.0 Å². The van der Waals surface area contributed by atoms with Crippen molar-refractivity contribution in [2.75, 3.05) is 18.6 Å². The Labute approximate surface area is 143 Å². The van der Waals surface area contributed by atoms with Crippen molar-refractivity contribution in [3.8, 4) is 5.75 Å². The quantitative estimate of drug-likeness (QED) is 0.828. The summed E-state index contributed by atoms with van der Waals surface area (Å²) in [5, 5.41) is 2.27. The van der Waals surface area contributed by atoms with Crippen molar-refractivity contribution >= 4 is 19.7 Å². The van der Waals surface area contributed by atoms with Crippen LogP contribution >= 0.6 is 0 Å². The SMILES string of the molecule is COc1cc(C)c(S(=O)(=O)[C@H]2CS(=O)(=O)C[C@@H]2NC2CC2)cc1C. The Morgan fingerprint density at radius 3 is 2.38 bits per heavy atom. The number of ether oxygens (including phenoxy) is 1. The Morgan fingerprint density at radius 2 is 1.79 bits per heavy atom. The molecule has 1 N–H and O–H groups in total. The zero-order chi connectivity index (χ0) is 17.7. The maximum Gasteiger partial charge on any atom is 0.184 e. The van der Waals surface area contributed by atoms with Crippen molar-refractivity contribution in [3.63, 3.8) is 0 Å². The molecule has 0 radical (unpaired) electrons. The number of hydrogen-bond acceptors (Lipinski definition) is 6. The molecule has 0 aromatic heterocycles. The maximum atomic E-state index is 13.2. The third-order valence-corrected chi connectivity index (χ3v) is 9.02. The van der Waals surface area contributed by atoms with E-state index in [9.17, 15) is 16.8 Å². The number of nitrogens with one attached hydrogen (secondary N) is 1. The minimum atomic E-state index is -3.75. The summed E-state index contributed by atoms with van der Waals surface area (Å²) >= 11 is 0. The Bertz CT molecular complexity index is 857. The average Bonchev–Trinajstić information content (AvgIpc) is 3.23. The van der Waals surface area contributed by atoms with Gasteiger partial charge in [-0.1, -0.05) is 0 Å². The van der Waals surface area contributed by atoms with Gasteiger partial charge in [-0.25, -0.2) is 16.8 Å². The van der Waals surface area contributed by atoms with Crippen LogP contribution in [0, 0.1) is 13.8 Å². The molecule has 0 unspecified atom stereocenters. The summed E-state index contributed by atoms with van der Waals surface area (Å²) in [6.07, 6.45) is 1.95. The second kappa shape index (κ2) is 6.00. The van der Waals surface area contributed by atoms with E-state index in [1.165, 1.54) is 7.11 Å². The highest BCUT2D eigenvalue weighted by Gasteiger charge is 2.47. The second-order valence-electron chi connectivity index (χ2n) is 6.80. The van der Waals surface area contributed by atoms with Crippen LogP contribution in [0.5, 0.6) is 5.75 Å². The van der Waals surface area contributed by atoms with Gasteiger partial charge in [0.15, 0.2) is 19.7 Å². The molecule has 134 valence electrons. The molecule has 1 aromatic rings. The summed E-state index contributed by atoms with van der Waals surface area (Å²) in [4.78, 5) is 0.200. The lowest BCUT2D eigenvalue weighted by Crippen LogP contribution is -2.44. The molecule has 1 heterocycles. The molecule has 0 bridgehead atoms. The van der Waals surface area contributed by atoms with E-state index < -0.39 is 31.0 Å². The lowest BCUT2D eigenvalue weighted by atomic mass is 10.1. The van der Waals surface area contributed by atoms with E-state index in [1.54, 1.807) is 26.0 Å². The van der Waals surface area contributed by atoms with Crippen LogP contribution in [0.2, 0.25) is 0 Å². The summed E-state index contributed by atoms with van der Waals surface area (Å²) < 4.78 is 55.7. The van der Waals surface area contributed by atoms with Crippen LogP contribution in [0.3, 0.4) is 0 Å². The fourth-order valence-corrected chi connectivity index (χ4v) is 8.27. The Kier molecular flexibility index (Phi) is 4.42. The third kappa shape index (κ3) is 3.32. The number of rotatable bonds is 5. The van der Waals surface area contributed by atoms with E-state index in [1.807, 2.05) is 0 Å². The summed E-state index contributed by atoms with van der Waals surface area (Å²) in [7, 11) is -5.57. The minimum Gasteiger partial charge on any atom is -0.496 e. The Morgan fingerprint density at radius 1 is 1.12 bits per heavy atom. The zero-order valence-corrected chi connectivity index (χ0v) is 15.7. The molecule has 3 rings (SSSR count). The standard InChI is InChI=1S/C16H23NO5S2/c1-10-7-15(11(2)6-14(10)22-3)24(20,21)16-9-23(18,19)8-13(16)17-12-4-5-12/h6-7,12-13,16-17H,4-5,8-9H2,1-3H3/t13-,16-/m0/s1. The van der Waals surface area contributed by atoms with Gasteiger partial charge in [-0.05, 0) is 49.9 Å². The van der Waals surface area contributed by atoms with Crippen molar-refractivity contribution in [1.82, 2.24) is 5.32 Å². The van der Waals surface area contributed by atoms with Crippen molar-refractivity contribution in [2.24, 2.45) is 0 Å². The lowest BCUT2D eigenvalue weighted by Gasteiger charge is -2.21.